The molecule has 3 rings (SSSR count). The maximum Gasteiger partial charge on any atom is 0.244 e. The van der Waals surface area contributed by atoms with E-state index in [0.29, 0.717) is 24.8 Å². The van der Waals surface area contributed by atoms with Crippen LogP contribution < -0.4 is 10.1 Å². The van der Waals surface area contributed by atoms with Crippen LogP contribution >= 0.6 is 0 Å². The van der Waals surface area contributed by atoms with Crippen LogP contribution in [0.25, 0.3) is 6.08 Å². The molecular formula is C18H19NO3. The minimum Gasteiger partial charge on any atom is -0.493 e. The summed E-state index contributed by atoms with van der Waals surface area (Å²) in [6.45, 7) is 3.12. The fraction of sp³-hybridized carbons (Fsp3) is 0.278. The van der Waals surface area contributed by atoms with Gasteiger partial charge in [-0.1, -0.05) is 18.2 Å². The highest BCUT2D eigenvalue weighted by atomic mass is 16.5. The second kappa shape index (κ2) is 6.52. The van der Waals surface area contributed by atoms with Gasteiger partial charge in [0.25, 0.3) is 0 Å². The average Bonchev–Trinajstić information content (AvgIpc) is 2.96. The summed E-state index contributed by atoms with van der Waals surface area (Å²) in [5.41, 5.74) is 1.20. The second-order valence-corrected chi connectivity index (χ2v) is 5.52. The molecule has 0 spiro atoms. The lowest BCUT2D eigenvalue weighted by Gasteiger charge is -2.25. The Morgan fingerprint density at radius 1 is 1.32 bits per heavy atom. The zero-order chi connectivity index (χ0) is 15.4. The number of rotatable bonds is 4. The van der Waals surface area contributed by atoms with Gasteiger partial charge in [0.2, 0.25) is 5.91 Å². The first-order valence-corrected chi connectivity index (χ1v) is 7.44. The standard InChI is InChI=1S/C18H19NO3/c1-13-6-7-16(22-13)8-9-18(20)19-11-14-10-15-4-2-3-5-17(15)21-12-14/h2-9,14H,10-12H2,1H3,(H,19,20)/b9-8+. The third-order valence-electron chi connectivity index (χ3n) is 3.68. The van der Waals surface area contributed by atoms with Crippen molar-refractivity contribution in [1.82, 2.24) is 5.32 Å². The van der Waals surface area contributed by atoms with Gasteiger partial charge in [0.05, 0.1) is 6.61 Å². The van der Waals surface area contributed by atoms with Crippen molar-refractivity contribution in [1.29, 1.82) is 0 Å². The molecule has 1 aromatic heterocycles. The van der Waals surface area contributed by atoms with E-state index in [-0.39, 0.29) is 5.91 Å². The summed E-state index contributed by atoms with van der Waals surface area (Å²) in [7, 11) is 0. The second-order valence-electron chi connectivity index (χ2n) is 5.52. The zero-order valence-corrected chi connectivity index (χ0v) is 12.5. The quantitative estimate of drug-likeness (QED) is 0.883. The van der Waals surface area contributed by atoms with Crippen molar-refractivity contribution >= 4 is 12.0 Å². The number of furan rings is 1. The number of ether oxygens (including phenoxy) is 1. The Hall–Kier alpha value is -2.49. The van der Waals surface area contributed by atoms with Crippen LogP contribution in [0.4, 0.5) is 0 Å². The summed E-state index contributed by atoms with van der Waals surface area (Å²) < 4.78 is 11.1. The number of benzene rings is 1. The molecule has 1 N–H and O–H groups in total. The van der Waals surface area contributed by atoms with E-state index in [1.165, 1.54) is 11.6 Å². The highest BCUT2D eigenvalue weighted by Gasteiger charge is 2.19. The van der Waals surface area contributed by atoms with Gasteiger partial charge in [0, 0.05) is 18.5 Å². The summed E-state index contributed by atoms with van der Waals surface area (Å²) >= 11 is 0. The van der Waals surface area contributed by atoms with Gasteiger partial charge >= 0.3 is 0 Å². The molecule has 1 aliphatic rings. The number of hydrogen-bond acceptors (Lipinski definition) is 3. The third kappa shape index (κ3) is 3.58. The normalized spacial score (nSPS) is 17.0. The molecule has 0 saturated heterocycles. The van der Waals surface area contributed by atoms with E-state index in [2.05, 4.69) is 11.4 Å². The lowest BCUT2D eigenvalue weighted by Crippen LogP contribution is -2.33. The molecule has 2 heterocycles. The number of para-hydroxylation sites is 1. The topological polar surface area (TPSA) is 51.5 Å². The van der Waals surface area contributed by atoms with E-state index < -0.39 is 0 Å². The van der Waals surface area contributed by atoms with Gasteiger partial charge in [-0.15, -0.1) is 0 Å². The number of carbonyl (C=O) groups is 1. The van der Waals surface area contributed by atoms with Crippen molar-refractivity contribution in [3.05, 3.63) is 59.6 Å². The lowest BCUT2D eigenvalue weighted by atomic mass is 9.97. The molecule has 1 aromatic carbocycles. The van der Waals surface area contributed by atoms with Crippen molar-refractivity contribution in [2.45, 2.75) is 13.3 Å². The van der Waals surface area contributed by atoms with Crippen LogP contribution in [0.1, 0.15) is 17.1 Å². The van der Waals surface area contributed by atoms with E-state index in [4.69, 9.17) is 9.15 Å². The molecular weight excluding hydrogens is 278 g/mol. The van der Waals surface area contributed by atoms with Crippen LogP contribution in [0.15, 0.2) is 46.9 Å². The number of hydrogen-bond donors (Lipinski definition) is 1. The molecule has 114 valence electrons. The van der Waals surface area contributed by atoms with E-state index in [1.807, 2.05) is 37.3 Å². The molecule has 0 saturated carbocycles. The molecule has 4 nitrogen and oxygen atoms in total. The van der Waals surface area contributed by atoms with Crippen molar-refractivity contribution in [3.63, 3.8) is 0 Å². The van der Waals surface area contributed by atoms with Gasteiger partial charge in [-0.2, -0.15) is 0 Å². The Labute approximate surface area is 129 Å². The van der Waals surface area contributed by atoms with E-state index in [1.54, 1.807) is 6.08 Å². The summed E-state index contributed by atoms with van der Waals surface area (Å²) in [4.78, 5) is 11.8. The number of amides is 1. The van der Waals surface area contributed by atoms with Crippen molar-refractivity contribution in [3.8, 4) is 5.75 Å². The van der Waals surface area contributed by atoms with Gasteiger partial charge < -0.3 is 14.5 Å². The first-order chi connectivity index (χ1) is 10.7. The summed E-state index contributed by atoms with van der Waals surface area (Å²) in [6, 6.07) is 11.7. The van der Waals surface area contributed by atoms with Crippen LogP contribution in [-0.2, 0) is 11.2 Å². The van der Waals surface area contributed by atoms with Crippen molar-refractivity contribution in [2.75, 3.05) is 13.2 Å². The molecule has 0 radical (unpaired) electrons. The number of nitrogens with one attached hydrogen (secondary N) is 1. The molecule has 4 heteroatoms. The molecule has 0 aliphatic carbocycles. The minimum atomic E-state index is -0.118. The van der Waals surface area contributed by atoms with Gasteiger partial charge in [0.1, 0.15) is 17.3 Å². The largest absolute Gasteiger partial charge is 0.493 e. The van der Waals surface area contributed by atoms with Crippen molar-refractivity contribution < 1.29 is 13.9 Å². The SMILES string of the molecule is Cc1ccc(/C=C/C(=O)NCC2COc3ccccc3C2)o1. The van der Waals surface area contributed by atoms with Crippen LogP contribution in [0.3, 0.4) is 0 Å². The maximum atomic E-state index is 11.8. The smallest absolute Gasteiger partial charge is 0.244 e. The molecule has 1 amide bonds. The average molecular weight is 297 g/mol. The first kappa shape index (κ1) is 14.4. The number of carbonyl (C=O) groups excluding carboxylic acids is 1. The molecule has 1 aliphatic heterocycles. The molecule has 22 heavy (non-hydrogen) atoms. The van der Waals surface area contributed by atoms with Crippen LogP contribution in [0.5, 0.6) is 5.75 Å². The van der Waals surface area contributed by atoms with E-state index in [0.717, 1.165) is 17.9 Å². The zero-order valence-electron chi connectivity index (χ0n) is 12.5. The fourth-order valence-corrected chi connectivity index (χ4v) is 2.53. The molecule has 0 bridgehead atoms. The third-order valence-corrected chi connectivity index (χ3v) is 3.68. The number of aryl methyl sites for hydroxylation is 1. The van der Waals surface area contributed by atoms with Gasteiger partial charge in [-0.25, -0.2) is 0 Å². The Kier molecular flexibility index (Phi) is 4.28. The molecule has 1 atom stereocenters. The predicted octanol–water partition coefficient (Wildman–Crippen LogP) is 2.97. The molecule has 0 fully saturated rings. The fourth-order valence-electron chi connectivity index (χ4n) is 2.53. The van der Waals surface area contributed by atoms with Gasteiger partial charge in [-0.3, -0.25) is 4.79 Å². The Morgan fingerprint density at radius 3 is 3.00 bits per heavy atom. The summed E-state index contributed by atoms with van der Waals surface area (Å²) in [5, 5.41) is 2.91. The Balaban J connectivity index is 1.49. The van der Waals surface area contributed by atoms with E-state index in [9.17, 15) is 4.79 Å². The number of fused-ring (bicyclic) bond motifs is 1. The maximum absolute atomic E-state index is 11.8. The Morgan fingerprint density at radius 2 is 2.18 bits per heavy atom. The van der Waals surface area contributed by atoms with E-state index >= 15 is 0 Å². The van der Waals surface area contributed by atoms with Gasteiger partial charge in [-0.05, 0) is 43.2 Å². The van der Waals surface area contributed by atoms with Crippen LogP contribution in [0, 0.1) is 12.8 Å². The molecule has 1 unspecified atom stereocenters. The monoisotopic (exact) mass is 297 g/mol. The van der Waals surface area contributed by atoms with Crippen LogP contribution in [-0.4, -0.2) is 19.1 Å². The van der Waals surface area contributed by atoms with Gasteiger partial charge in [0.15, 0.2) is 0 Å². The highest BCUT2D eigenvalue weighted by Crippen LogP contribution is 2.26. The first-order valence-electron chi connectivity index (χ1n) is 7.44. The predicted molar refractivity (Wildman–Crippen MR) is 84.6 cm³/mol. The lowest BCUT2D eigenvalue weighted by molar-refractivity contribution is -0.116. The Bertz CT molecular complexity index is 687. The minimum absolute atomic E-state index is 0.118. The summed E-state index contributed by atoms with van der Waals surface area (Å²) in [6.07, 6.45) is 4.10. The molecule has 2 aromatic rings. The summed E-state index contributed by atoms with van der Waals surface area (Å²) in [5.74, 6) is 2.66. The van der Waals surface area contributed by atoms with Crippen LogP contribution in [0.2, 0.25) is 0 Å². The van der Waals surface area contributed by atoms with Crippen molar-refractivity contribution in [2.24, 2.45) is 5.92 Å². The highest BCUT2D eigenvalue weighted by molar-refractivity contribution is 5.91.